The van der Waals surface area contributed by atoms with Gasteiger partial charge in [0, 0.05) is 7.05 Å². The van der Waals surface area contributed by atoms with E-state index in [-0.39, 0.29) is 6.54 Å². The Hall–Kier alpha value is -2.16. The first-order valence-electron chi connectivity index (χ1n) is 5.18. The van der Waals surface area contributed by atoms with Crippen LogP contribution in [0.1, 0.15) is 12.7 Å². The molecule has 0 aromatic carbocycles. The summed E-state index contributed by atoms with van der Waals surface area (Å²) in [6.45, 7) is 1.44. The molecule has 4 N–H and O–H groups in total. The molecule has 0 aliphatic carbocycles. The second-order valence-corrected chi connectivity index (χ2v) is 3.79. The van der Waals surface area contributed by atoms with Crippen LogP contribution in [0.3, 0.4) is 0 Å². The Morgan fingerprint density at radius 1 is 1.61 bits per heavy atom. The van der Waals surface area contributed by atoms with E-state index in [1.165, 1.54) is 25.2 Å². The number of carbonyl (C=O) groups is 2. The van der Waals surface area contributed by atoms with E-state index in [0.717, 1.165) is 0 Å². The Kier molecular flexibility index (Phi) is 4.60. The number of aliphatic carboxylic acids is 1. The Morgan fingerprint density at radius 3 is 2.72 bits per heavy atom. The van der Waals surface area contributed by atoms with E-state index in [0.29, 0.717) is 5.82 Å². The number of hydrogen-bond donors (Lipinski definition) is 4. The number of carboxylic acids is 1. The lowest BCUT2D eigenvalue weighted by molar-refractivity contribution is -0.141. The largest absolute Gasteiger partial charge is 0.480 e. The number of nitrogens with one attached hydrogen (secondary N) is 2. The number of H-pyrrole nitrogens is 1. The SMILES string of the molecule is C[C@@H](O)[C@H](NC(=O)N(C)Cc1ncn[nH]1)C(=O)O. The number of aromatic nitrogens is 3. The Labute approximate surface area is 103 Å². The van der Waals surface area contributed by atoms with Crippen molar-refractivity contribution in [1.82, 2.24) is 25.4 Å². The zero-order chi connectivity index (χ0) is 13.7. The first-order chi connectivity index (χ1) is 8.41. The fourth-order valence-corrected chi connectivity index (χ4v) is 1.24. The van der Waals surface area contributed by atoms with Crippen LogP contribution in [0.15, 0.2) is 6.33 Å². The average molecular weight is 257 g/mol. The Bertz CT molecular complexity index is 405. The van der Waals surface area contributed by atoms with Gasteiger partial charge in [0.15, 0.2) is 6.04 Å². The molecule has 0 bridgehead atoms. The van der Waals surface area contributed by atoms with Crippen molar-refractivity contribution < 1.29 is 19.8 Å². The van der Waals surface area contributed by atoms with Crippen LogP contribution in [0.5, 0.6) is 0 Å². The van der Waals surface area contributed by atoms with E-state index in [4.69, 9.17) is 5.11 Å². The van der Waals surface area contributed by atoms with E-state index < -0.39 is 24.1 Å². The van der Waals surface area contributed by atoms with Crippen molar-refractivity contribution in [3.05, 3.63) is 12.2 Å². The lowest BCUT2D eigenvalue weighted by Gasteiger charge is -2.22. The number of urea groups is 1. The molecule has 0 saturated heterocycles. The van der Waals surface area contributed by atoms with Crippen molar-refractivity contribution in [3.8, 4) is 0 Å². The topological polar surface area (TPSA) is 131 Å². The van der Waals surface area contributed by atoms with Gasteiger partial charge in [-0.15, -0.1) is 0 Å². The zero-order valence-electron chi connectivity index (χ0n) is 9.99. The number of carbonyl (C=O) groups excluding carboxylic acids is 1. The summed E-state index contributed by atoms with van der Waals surface area (Å²) in [5.74, 6) is -0.831. The van der Waals surface area contributed by atoms with Crippen molar-refractivity contribution in [2.45, 2.75) is 25.6 Å². The van der Waals surface area contributed by atoms with Crippen LogP contribution in [-0.2, 0) is 11.3 Å². The molecule has 0 radical (unpaired) electrons. The number of carboxylic acid groups (broad SMARTS) is 1. The van der Waals surface area contributed by atoms with Crippen LogP contribution in [-0.4, -0.2) is 61.5 Å². The molecule has 9 heteroatoms. The van der Waals surface area contributed by atoms with E-state index in [2.05, 4.69) is 20.5 Å². The molecule has 1 rings (SSSR count). The lowest BCUT2D eigenvalue weighted by Crippen LogP contribution is -2.51. The quantitative estimate of drug-likeness (QED) is 0.523. The number of rotatable bonds is 5. The predicted octanol–water partition coefficient (Wildman–Crippen LogP) is -1.22. The molecule has 0 fully saturated rings. The molecule has 1 aromatic heterocycles. The first-order valence-corrected chi connectivity index (χ1v) is 5.18. The van der Waals surface area contributed by atoms with Crippen molar-refractivity contribution in [1.29, 1.82) is 0 Å². The van der Waals surface area contributed by atoms with Crippen LogP contribution >= 0.6 is 0 Å². The molecule has 0 aliphatic rings. The minimum Gasteiger partial charge on any atom is -0.480 e. The Morgan fingerprint density at radius 2 is 2.28 bits per heavy atom. The minimum atomic E-state index is -1.35. The van der Waals surface area contributed by atoms with Crippen LogP contribution in [0, 0.1) is 0 Å². The molecule has 2 atom stereocenters. The average Bonchev–Trinajstić information content (AvgIpc) is 2.77. The van der Waals surface area contributed by atoms with Crippen molar-refractivity contribution in [2.24, 2.45) is 0 Å². The van der Waals surface area contributed by atoms with Gasteiger partial charge in [0.1, 0.15) is 12.2 Å². The molecule has 18 heavy (non-hydrogen) atoms. The smallest absolute Gasteiger partial charge is 0.328 e. The third-order valence-electron chi connectivity index (χ3n) is 2.23. The zero-order valence-corrected chi connectivity index (χ0v) is 9.99. The van der Waals surface area contributed by atoms with Gasteiger partial charge in [0.05, 0.1) is 12.6 Å². The van der Waals surface area contributed by atoms with Gasteiger partial charge in [0.25, 0.3) is 0 Å². The molecule has 0 aliphatic heterocycles. The standard InChI is InChI=1S/C9H15N5O4/c1-5(15)7(8(16)17)12-9(18)14(2)3-6-10-4-11-13-6/h4-5,7,15H,3H2,1-2H3,(H,12,18)(H,16,17)(H,10,11,13)/t5-,7+/m1/s1. The predicted molar refractivity (Wildman–Crippen MR) is 59.5 cm³/mol. The molecule has 0 unspecified atom stereocenters. The highest BCUT2D eigenvalue weighted by Crippen LogP contribution is 1.98. The summed E-state index contributed by atoms with van der Waals surface area (Å²) in [6, 6.07) is -1.98. The Balaban J connectivity index is 2.56. The van der Waals surface area contributed by atoms with Crippen LogP contribution in [0.4, 0.5) is 4.79 Å². The van der Waals surface area contributed by atoms with Gasteiger partial charge < -0.3 is 20.4 Å². The molecule has 0 saturated carbocycles. The maximum atomic E-state index is 11.7. The molecule has 100 valence electrons. The molecule has 2 amide bonds. The second-order valence-electron chi connectivity index (χ2n) is 3.79. The van der Waals surface area contributed by atoms with E-state index >= 15 is 0 Å². The van der Waals surface area contributed by atoms with Gasteiger partial charge in [-0.25, -0.2) is 14.6 Å². The van der Waals surface area contributed by atoms with Crippen molar-refractivity contribution in [2.75, 3.05) is 7.05 Å². The minimum absolute atomic E-state index is 0.151. The molecular formula is C9H15N5O4. The third-order valence-corrected chi connectivity index (χ3v) is 2.23. The van der Waals surface area contributed by atoms with E-state index in [1.807, 2.05) is 0 Å². The van der Waals surface area contributed by atoms with Crippen molar-refractivity contribution in [3.63, 3.8) is 0 Å². The van der Waals surface area contributed by atoms with Crippen LogP contribution in [0.25, 0.3) is 0 Å². The number of amides is 2. The summed E-state index contributed by atoms with van der Waals surface area (Å²) in [4.78, 5) is 27.5. The molecular weight excluding hydrogens is 242 g/mol. The summed E-state index contributed by atoms with van der Waals surface area (Å²) >= 11 is 0. The van der Waals surface area contributed by atoms with Gasteiger partial charge in [-0.3, -0.25) is 5.10 Å². The maximum Gasteiger partial charge on any atom is 0.328 e. The normalized spacial score (nSPS) is 13.7. The summed E-state index contributed by atoms with van der Waals surface area (Å²) in [5, 5.41) is 26.4. The summed E-state index contributed by atoms with van der Waals surface area (Å²) in [6.07, 6.45) is 0.113. The number of aliphatic hydroxyl groups excluding tert-OH is 1. The molecule has 9 nitrogen and oxygen atoms in total. The highest BCUT2D eigenvalue weighted by atomic mass is 16.4. The van der Waals surface area contributed by atoms with Gasteiger partial charge in [-0.2, -0.15) is 5.10 Å². The van der Waals surface area contributed by atoms with Gasteiger partial charge >= 0.3 is 12.0 Å². The number of nitrogens with zero attached hydrogens (tertiary/aromatic N) is 3. The molecule has 1 heterocycles. The molecule has 1 aromatic rings. The maximum absolute atomic E-state index is 11.7. The third kappa shape index (κ3) is 3.70. The first kappa shape index (κ1) is 13.9. The van der Waals surface area contributed by atoms with Gasteiger partial charge in [0.2, 0.25) is 0 Å². The highest BCUT2D eigenvalue weighted by Gasteiger charge is 2.26. The van der Waals surface area contributed by atoms with Crippen LogP contribution < -0.4 is 5.32 Å². The fraction of sp³-hybridized carbons (Fsp3) is 0.556. The fourth-order valence-electron chi connectivity index (χ4n) is 1.24. The van der Waals surface area contributed by atoms with E-state index in [9.17, 15) is 14.7 Å². The van der Waals surface area contributed by atoms with Gasteiger partial charge in [-0.05, 0) is 6.92 Å². The number of aliphatic hydroxyl groups is 1. The lowest BCUT2D eigenvalue weighted by atomic mass is 10.2. The number of hydrogen-bond acceptors (Lipinski definition) is 5. The van der Waals surface area contributed by atoms with Crippen molar-refractivity contribution >= 4 is 12.0 Å². The van der Waals surface area contributed by atoms with Gasteiger partial charge in [-0.1, -0.05) is 0 Å². The summed E-state index contributed by atoms with van der Waals surface area (Å²) in [5.41, 5.74) is 0. The summed E-state index contributed by atoms with van der Waals surface area (Å²) in [7, 11) is 1.47. The monoisotopic (exact) mass is 257 g/mol. The second kappa shape index (κ2) is 5.96. The number of aromatic amines is 1. The highest BCUT2D eigenvalue weighted by molar-refractivity contribution is 5.82. The summed E-state index contributed by atoms with van der Waals surface area (Å²) < 4.78 is 0. The molecule has 0 spiro atoms. The van der Waals surface area contributed by atoms with Crippen LogP contribution in [0.2, 0.25) is 0 Å². The van der Waals surface area contributed by atoms with E-state index in [1.54, 1.807) is 0 Å².